The van der Waals surface area contributed by atoms with Crippen LogP contribution in [0.2, 0.25) is 0 Å². The minimum atomic E-state index is -0.327. The number of hydrogen-bond acceptors (Lipinski definition) is 2. The molecule has 20 heavy (non-hydrogen) atoms. The van der Waals surface area contributed by atoms with E-state index in [0.29, 0.717) is 22.6 Å². The third kappa shape index (κ3) is 3.17. The first-order chi connectivity index (χ1) is 9.51. The van der Waals surface area contributed by atoms with Gasteiger partial charge < -0.3 is 10.1 Å². The Morgan fingerprint density at radius 1 is 1.25 bits per heavy atom. The van der Waals surface area contributed by atoms with Crippen molar-refractivity contribution in [3.8, 4) is 5.75 Å². The number of anilines is 1. The lowest BCUT2D eigenvalue weighted by Gasteiger charge is -2.09. The predicted molar refractivity (Wildman–Crippen MR) is 79.8 cm³/mol. The Balaban J connectivity index is 2.21. The van der Waals surface area contributed by atoms with E-state index in [9.17, 15) is 9.18 Å². The summed E-state index contributed by atoms with van der Waals surface area (Å²) in [4.78, 5) is 12.1. The number of benzene rings is 2. The van der Waals surface area contributed by atoms with Crippen LogP contribution >= 0.6 is 15.9 Å². The molecule has 1 amide bonds. The van der Waals surface area contributed by atoms with Gasteiger partial charge in [0.2, 0.25) is 0 Å². The SMILES string of the molecule is COc1cc(NC(=O)c2ccc(F)c(C)c2)ccc1Br. The average molecular weight is 338 g/mol. The summed E-state index contributed by atoms with van der Waals surface area (Å²) in [5.41, 5.74) is 1.45. The van der Waals surface area contributed by atoms with Gasteiger partial charge in [-0.2, -0.15) is 0 Å². The summed E-state index contributed by atoms with van der Waals surface area (Å²) in [6.07, 6.45) is 0. The van der Waals surface area contributed by atoms with E-state index < -0.39 is 0 Å². The van der Waals surface area contributed by atoms with E-state index in [1.165, 1.54) is 18.2 Å². The Morgan fingerprint density at radius 3 is 2.65 bits per heavy atom. The van der Waals surface area contributed by atoms with Crippen molar-refractivity contribution >= 4 is 27.5 Å². The first kappa shape index (κ1) is 14.5. The molecule has 0 heterocycles. The Morgan fingerprint density at radius 2 is 2.00 bits per heavy atom. The van der Waals surface area contributed by atoms with Crippen molar-refractivity contribution in [2.24, 2.45) is 0 Å². The molecule has 5 heteroatoms. The van der Waals surface area contributed by atoms with Crippen molar-refractivity contribution < 1.29 is 13.9 Å². The number of amides is 1. The number of carbonyl (C=O) groups is 1. The Bertz CT molecular complexity index is 658. The molecule has 2 aromatic rings. The largest absolute Gasteiger partial charge is 0.495 e. The first-order valence-electron chi connectivity index (χ1n) is 5.92. The van der Waals surface area contributed by atoms with Crippen LogP contribution in [0.25, 0.3) is 0 Å². The zero-order valence-electron chi connectivity index (χ0n) is 11.0. The second kappa shape index (κ2) is 6.05. The van der Waals surface area contributed by atoms with Crippen molar-refractivity contribution in [2.75, 3.05) is 12.4 Å². The third-order valence-electron chi connectivity index (χ3n) is 2.83. The highest BCUT2D eigenvalue weighted by atomic mass is 79.9. The van der Waals surface area contributed by atoms with Crippen LogP contribution in [0.15, 0.2) is 40.9 Å². The second-order valence-corrected chi connectivity index (χ2v) is 5.12. The number of hydrogen-bond donors (Lipinski definition) is 1. The van der Waals surface area contributed by atoms with E-state index in [0.717, 1.165) is 4.47 Å². The summed E-state index contributed by atoms with van der Waals surface area (Å²) in [6.45, 7) is 1.62. The van der Waals surface area contributed by atoms with Crippen molar-refractivity contribution in [1.29, 1.82) is 0 Å². The fraction of sp³-hybridized carbons (Fsp3) is 0.133. The summed E-state index contributed by atoms with van der Waals surface area (Å²) in [5, 5.41) is 2.74. The maximum Gasteiger partial charge on any atom is 0.255 e. The Hall–Kier alpha value is -1.88. The van der Waals surface area contributed by atoms with Crippen molar-refractivity contribution in [2.45, 2.75) is 6.92 Å². The molecule has 2 aromatic carbocycles. The highest BCUT2D eigenvalue weighted by Crippen LogP contribution is 2.28. The van der Waals surface area contributed by atoms with Gasteiger partial charge in [-0.05, 0) is 58.7 Å². The molecule has 0 radical (unpaired) electrons. The minimum Gasteiger partial charge on any atom is -0.495 e. The van der Waals surface area contributed by atoms with E-state index in [-0.39, 0.29) is 11.7 Å². The predicted octanol–water partition coefficient (Wildman–Crippen LogP) is 4.16. The van der Waals surface area contributed by atoms with Gasteiger partial charge in [0.15, 0.2) is 0 Å². The molecule has 0 saturated carbocycles. The molecule has 0 fully saturated rings. The molecule has 3 nitrogen and oxygen atoms in total. The van der Waals surface area contributed by atoms with E-state index >= 15 is 0 Å². The summed E-state index contributed by atoms with van der Waals surface area (Å²) in [6, 6.07) is 9.49. The van der Waals surface area contributed by atoms with Gasteiger partial charge in [0, 0.05) is 17.3 Å². The standard InChI is InChI=1S/C15H13BrFNO2/c1-9-7-10(3-6-13(9)17)15(19)18-11-4-5-12(16)14(8-11)20-2/h3-8H,1-2H3,(H,18,19). The molecule has 104 valence electrons. The van der Waals surface area contributed by atoms with Gasteiger partial charge in [0.25, 0.3) is 5.91 Å². The minimum absolute atomic E-state index is 0.294. The van der Waals surface area contributed by atoms with Gasteiger partial charge in [-0.15, -0.1) is 0 Å². The van der Waals surface area contributed by atoms with Crippen LogP contribution in [0.4, 0.5) is 10.1 Å². The highest BCUT2D eigenvalue weighted by molar-refractivity contribution is 9.10. The highest BCUT2D eigenvalue weighted by Gasteiger charge is 2.09. The van der Waals surface area contributed by atoms with Crippen LogP contribution in [-0.4, -0.2) is 13.0 Å². The van der Waals surface area contributed by atoms with Gasteiger partial charge in [-0.3, -0.25) is 4.79 Å². The molecular formula is C15H13BrFNO2. The Kier molecular flexibility index (Phi) is 4.39. The Labute approximate surface area is 124 Å². The lowest BCUT2D eigenvalue weighted by Crippen LogP contribution is -2.12. The lowest BCUT2D eigenvalue weighted by molar-refractivity contribution is 0.102. The lowest BCUT2D eigenvalue weighted by atomic mass is 10.1. The fourth-order valence-corrected chi connectivity index (χ4v) is 2.14. The molecule has 0 atom stereocenters. The summed E-state index contributed by atoms with van der Waals surface area (Å²) in [5.74, 6) is 0.00224. The van der Waals surface area contributed by atoms with Crippen molar-refractivity contribution in [3.63, 3.8) is 0 Å². The molecule has 2 rings (SSSR count). The van der Waals surface area contributed by atoms with E-state index in [2.05, 4.69) is 21.2 Å². The molecule has 0 unspecified atom stereocenters. The van der Waals surface area contributed by atoms with Gasteiger partial charge >= 0.3 is 0 Å². The summed E-state index contributed by atoms with van der Waals surface area (Å²) >= 11 is 3.34. The summed E-state index contributed by atoms with van der Waals surface area (Å²) < 4.78 is 19.1. The van der Waals surface area contributed by atoms with E-state index in [1.807, 2.05) is 0 Å². The molecule has 0 aliphatic carbocycles. The van der Waals surface area contributed by atoms with Crippen molar-refractivity contribution in [1.82, 2.24) is 0 Å². The van der Waals surface area contributed by atoms with Crippen LogP contribution < -0.4 is 10.1 Å². The van der Waals surface area contributed by atoms with Gasteiger partial charge in [-0.1, -0.05) is 0 Å². The van der Waals surface area contributed by atoms with Crippen LogP contribution in [0, 0.1) is 12.7 Å². The number of halogens is 2. The number of aryl methyl sites for hydroxylation is 1. The molecule has 0 aromatic heterocycles. The molecule has 0 bridgehead atoms. The van der Waals surface area contributed by atoms with E-state index in [1.54, 1.807) is 32.2 Å². The molecule has 0 saturated heterocycles. The number of carbonyl (C=O) groups excluding carboxylic acids is 1. The monoisotopic (exact) mass is 337 g/mol. The molecule has 0 spiro atoms. The molecular weight excluding hydrogens is 325 g/mol. The van der Waals surface area contributed by atoms with Crippen LogP contribution in [0.3, 0.4) is 0 Å². The number of methoxy groups -OCH3 is 1. The zero-order chi connectivity index (χ0) is 14.7. The second-order valence-electron chi connectivity index (χ2n) is 4.27. The van der Waals surface area contributed by atoms with Gasteiger partial charge in [0.05, 0.1) is 11.6 Å². The average Bonchev–Trinajstić information content (AvgIpc) is 2.43. The topological polar surface area (TPSA) is 38.3 Å². The third-order valence-corrected chi connectivity index (χ3v) is 3.48. The van der Waals surface area contributed by atoms with Crippen LogP contribution in [-0.2, 0) is 0 Å². The maximum atomic E-state index is 13.2. The fourth-order valence-electron chi connectivity index (χ4n) is 1.73. The molecule has 1 N–H and O–H groups in total. The molecule has 0 aliphatic heterocycles. The van der Waals surface area contributed by atoms with Crippen LogP contribution in [0.5, 0.6) is 5.75 Å². The normalized spacial score (nSPS) is 10.2. The summed E-state index contributed by atoms with van der Waals surface area (Å²) in [7, 11) is 1.55. The number of rotatable bonds is 3. The molecule has 0 aliphatic rings. The van der Waals surface area contributed by atoms with Gasteiger partial charge in [-0.25, -0.2) is 4.39 Å². The smallest absolute Gasteiger partial charge is 0.255 e. The first-order valence-corrected chi connectivity index (χ1v) is 6.71. The maximum absolute atomic E-state index is 13.2. The van der Waals surface area contributed by atoms with Crippen molar-refractivity contribution in [3.05, 3.63) is 57.8 Å². The number of nitrogens with one attached hydrogen (secondary N) is 1. The van der Waals surface area contributed by atoms with E-state index in [4.69, 9.17) is 4.74 Å². The quantitative estimate of drug-likeness (QED) is 0.913. The van der Waals surface area contributed by atoms with Crippen LogP contribution in [0.1, 0.15) is 15.9 Å². The number of ether oxygens (including phenoxy) is 1. The van der Waals surface area contributed by atoms with Gasteiger partial charge in [0.1, 0.15) is 11.6 Å². The zero-order valence-corrected chi connectivity index (χ0v) is 12.6.